The van der Waals surface area contributed by atoms with Gasteiger partial charge in [-0.15, -0.1) is 35.3 Å². The van der Waals surface area contributed by atoms with Crippen molar-refractivity contribution in [1.29, 1.82) is 0 Å². The molecule has 0 radical (unpaired) electrons. The van der Waals surface area contributed by atoms with Crippen LogP contribution in [-0.4, -0.2) is 31.1 Å². The summed E-state index contributed by atoms with van der Waals surface area (Å²) in [6.07, 6.45) is 2.97. The van der Waals surface area contributed by atoms with Gasteiger partial charge in [-0.1, -0.05) is 32.0 Å². The molecule has 0 fully saturated rings. The molecule has 0 bridgehead atoms. The second-order valence-corrected chi connectivity index (χ2v) is 6.99. The van der Waals surface area contributed by atoms with Crippen molar-refractivity contribution in [1.82, 2.24) is 15.6 Å². The molecule has 144 valence electrons. The van der Waals surface area contributed by atoms with Gasteiger partial charge in [-0.25, -0.2) is 9.98 Å². The quantitative estimate of drug-likeness (QED) is 0.333. The van der Waals surface area contributed by atoms with Crippen LogP contribution >= 0.6 is 35.3 Å². The number of thiazole rings is 1. The lowest BCUT2D eigenvalue weighted by Crippen LogP contribution is -2.39. The van der Waals surface area contributed by atoms with Crippen LogP contribution in [-0.2, 0) is 13.0 Å². The highest BCUT2D eigenvalue weighted by Crippen LogP contribution is 2.25. The van der Waals surface area contributed by atoms with Crippen molar-refractivity contribution in [3.63, 3.8) is 0 Å². The highest BCUT2D eigenvalue weighted by atomic mass is 127. The fourth-order valence-corrected chi connectivity index (χ4v) is 3.29. The van der Waals surface area contributed by atoms with Crippen LogP contribution in [0.25, 0.3) is 0 Å². The van der Waals surface area contributed by atoms with Crippen molar-refractivity contribution in [3.05, 3.63) is 45.9 Å². The minimum Gasteiger partial charge on any atom is -0.496 e. The number of methoxy groups -OCH3 is 1. The summed E-state index contributed by atoms with van der Waals surface area (Å²) < 4.78 is 5.46. The highest BCUT2D eigenvalue weighted by molar-refractivity contribution is 14.0. The van der Waals surface area contributed by atoms with Gasteiger partial charge in [-0.2, -0.15) is 0 Å². The maximum absolute atomic E-state index is 5.46. The maximum atomic E-state index is 5.46. The molecule has 1 aromatic heterocycles. The number of guanidine groups is 1. The van der Waals surface area contributed by atoms with E-state index < -0.39 is 0 Å². The fraction of sp³-hybridized carbons (Fsp3) is 0.474. The van der Waals surface area contributed by atoms with Gasteiger partial charge in [0.1, 0.15) is 10.8 Å². The number of nitrogens with one attached hydrogen (secondary N) is 2. The molecule has 0 saturated heterocycles. The zero-order valence-electron chi connectivity index (χ0n) is 15.9. The first-order chi connectivity index (χ1) is 12.2. The summed E-state index contributed by atoms with van der Waals surface area (Å²) in [5.74, 6) is 2.05. The number of para-hydroxylation sites is 1. The molecular formula is C19H29IN4OS. The van der Waals surface area contributed by atoms with Crippen LogP contribution in [0.4, 0.5) is 0 Å². The zero-order valence-corrected chi connectivity index (χ0v) is 19.1. The second kappa shape index (κ2) is 12.1. The van der Waals surface area contributed by atoms with Gasteiger partial charge in [0.15, 0.2) is 5.96 Å². The number of benzene rings is 1. The topological polar surface area (TPSA) is 58.5 Å². The van der Waals surface area contributed by atoms with E-state index in [1.165, 1.54) is 10.4 Å². The van der Waals surface area contributed by atoms with E-state index in [1.54, 1.807) is 18.4 Å². The molecule has 0 spiro atoms. The summed E-state index contributed by atoms with van der Waals surface area (Å²) in [7, 11) is 1.71. The third-order valence-corrected chi connectivity index (χ3v) is 5.04. The average Bonchev–Trinajstić information content (AvgIpc) is 3.11. The van der Waals surface area contributed by atoms with E-state index in [0.29, 0.717) is 12.5 Å². The molecule has 0 saturated carbocycles. The minimum absolute atomic E-state index is 0. The molecule has 1 heterocycles. The second-order valence-electron chi connectivity index (χ2n) is 5.79. The number of nitrogens with zero attached hydrogens (tertiary/aromatic N) is 2. The highest BCUT2D eigenvalue weighted by Gasteiger charge is 2.11. The van der Waals surface area contributed by atoms with Gasteiger partial charge in [0.25, 0.3) is 0 Å². The smallest absolute Gasteiger partial charge is 0.191 e. The van der Waals surface area contributed by atoms with Gasteiger partial charge in [-0.3, -0.25) is 0 Å². The Balaban J connectivity index is 0.00000338. The number of aryl methyl sites for hydroxylation is 1. The lowest BCUT2D eigenvalue weighted by atomic mass is 10.0. The predicted octanol–water partition coefficient (Wildman–Crippen LogP) is 4.19. The van der Waals surface area contributed by atoms with Gasteiger partial charge in [-0.05, 0) is 25.0 Å². The van der Waals surface area contributed by atoms with Gasteiger partial charge < -0.3 is 15.4 Å². The number of hydrogen-bond acceptors (Lipinski definition) is 4. The van der Waals surface area contributed by atoms with E-state index in [-0.39, 0.29) is 24.0 Å². The Bertz CT molecular complexity index is 690. The molecule has 2 N–H and O–H groups in total. The Labute approximate surface area is 177 Å². The van der Waals surface area contributed by atoms with Crippen LogP contribution in [0.2, 0.25) is 0 Å². The van der Waals surface area contributed by atoms with Crippen molar-refractivity contribution < 1.29 is 4.74 Å². The molecule has 0 amide bonds. The first-order valence-electron chi connectivity index (χ1n) is 8.76. The summed E-state index contributed by atoms with van der Waals surface area (Å²) in [5, 5.41) is 7.76. The first kappa shape index (κ1) is 22.7. The lowest BCUT2D eigenvalue weighted by molar-refractivity contribution is 0.406. The maximum Gasteiger partial charge on any atom is 0.191 e. The monoisotopic (exact) mass is 488 g/mol. The Morgan fingerprint density at radius 2 is 2.04 bits per heavy atom. The van der Waals surface area contributed by atoms with E-state index in [9.17, 15) is 0 Å². The molecule has 7 heteroatoms. The van der Waals surface area contributed by atoms with E-state index in [1.807, 2.05) is 24.4 Å². The number of aliphatic imine (C=N–C) groups is 1. The number of aromatic nitrogens is 1. The van der Waals surface area contributed by atoms with E-state index in [2.05, 4.69) is 47.4 Å². The van der Waals surface area contributed by atoms with Crippen LogP contribution in [0.15, 0.2) is 35.5 Å². The molecule has 5 nitrogen and oxygen atoms in total. The molecule has 0 aliphatic rings. The van der Waals surface area contributed by atoms with E-state index >= 15 is 0 Å². The van der Waals surface area contributed by atoms with Crippen molar-refractivity contribution in [2.45, 2.75) is 39.7 Å². The van der Waals surface area contributed by atoms with Crippen molar-refractivity contribution in [2.24, 2.45) is 4.99 Å². The molecule has 2 rings (SSSR count). The first-order valence-corrected chi connectivity index (χ1v) is 9.58. The predicted molar refractivity (Wildman–Crippen MR) is 121 cm³/mol. The van der Waals surface area contributed by atoms with Crippen molar-refractivity contribution in [3.8, 4) is 5.75 Å². The third-order valence-electron chi connectivity index (χ3n) is 3.91. The summed E-state index contributed by atoms with van der Waals surface area (Å²) in [4.78, 5) is 10.4. The standard InChI is InChI=1S/C19H28N4OS.HI/c1-5-15-12-21-18(25-15)13-23-19(20-6-2)22-11-14(3)16-9-7-8-10-17(16)24-4;/h7-10,12,14H,5-6,11,13H2,1-4H3,(H2,20,22,23);1H. The molecule has 1 unspecified atom stereocenters. The van der Waals surface area contributed by atoms with Gasteiger partial charge in [0.2, 0.25) is 0 Å². The molecule has 0 aliphatic carbocycles. The molecule has 2 aromatic rings. The molecule has 1 atom stereocenters. The molecular weight excluding hydrogens is 459 g/mol. The van der Waals surface area contributed by atoms with Crippen molar-refractivity contribution in [2.75, 3.05) is 20.2 Å². The van der Waals surface area contributed by atoms with Gasteiger partial charge >= 0.3 is 0 Å². The summed E-state index contributed by atoms with van der Waals surface area (Å²) in [6.45, 7) is 8.61. The number of rotatable bonds is 8. The Hall–Kier alpha value is -1.35. The summed E-state index contributed by atoms with van der Waals surface area (Å²) in [6, 6.07) is 8.14. The van der Waals surface area contributed by atoms with Crippen LogP contribution in [0.1, 0.15) is 42.1 Å². The largest absolute Gasteiger partial charge is 0.496 e. The molecule has 1 aromatic carbocycles. The lowest BCUT2D eigenvalue weighted by Gasteiger charge is -2.18. The normalized spacial score (nSPS) is 12.2. The minimum atomic E-state index is 0. The molecule has 26 heavy (non-hydrogen) atoms. The van der Waals surface area contributed by atoms with E-state index in [0.717, 1.165) is 36.2 Å². The van der Waals surface area contributed by atoms with Gasteiger partial charge in [0, 0.05) is 30.1 Å². The van der Waals surface area contributed by atoms with Crippen LogP contribution in [0, 0.1) is 0 Å². The van der Waals surface area contributed by atoms with Crippen molar-refractivity contribution >= 4 is 41.3 Å². The summed E-state index contributed by atoms with van der Waals surface area (Å²) in [5.41, 5.74) is 1.20. The van der Waals surface area contributed by atoms with Crippen LogP contribution in [0.5, 0.6) is 5.75 Å². The van der Waals surface area contributed by atoms with Crippen LogP contribution < -0.4 is 15.4 Å². The number of halogens is 1. The third kappa shape index (κ3) is 6.75. The van der Waals surface area contributed by atoms with Gasteiger partial charge in [0.05, 0.1) is 13.7 Å². The number of ether oxygens (including phenoxy) is 1. The number of hydrogen-bond donors (Lipinski definition) is 2. The molecule has 0 aliphatic heterocycles. The fourth-order valence-electron chi connectivity index (χ4n) is 2.51. The Morgan fingerprint density at radius 3 is 2.69 bits per heavy atom. The SMILES string of the molecule is CCNC(=NCc1ncc(CC)s1)NCC(C)c1ccccc1OC.I. The Kier molecular flexibility index (Phi) is 10.6. The van der Waals surface area contributed by atoms with E-state index in [4.69, 9.17) is 4.74 Å². The van der Waals surface area contributed by atoms with Crippen LogP contribution in [0.3, 0.4) is 0 Å². The Morgan fingerprint density at radius 1 is 1.27 bits per heavy atom. The summed E-state index contributed by atoms with van der Waals surface area (Å²) >= 11 is 1.73. The zero-order chi connectivity index (χ0) is 18.1. The average molecular weight is 488 g/mol.